The summed E-state index contributed by atoms with van der Waals surface area (Å²) in [7, 11) is -3.59. The molecule has 2 aliphatic heterocycles. The number of morpholine rings is 1. The third-order valence-electron chi connectivity index (χ3n) is 3.50. The highest BCUT2D eigenvalue weighted by molar-refractivity contribution is 7.85. The molecule has 22 heavy (non-hydrogen) atoms. The lowest BCUT2D eigenvalue weighted by atomic mass is 10.1. The van der Waals surface area contributed by atoms with Gasteiger partial charge in [0.1, 0.15) is 18.9 Å². The molecule has 1 fully saturated rings. The van der Waals surface area contributed by atoms with Crippen molar-refractivity contribution in [1.82, 2.24) is 9.97 Å². The van der Waals surface area contributed by atoms with Gasteiger partial charge in [0.25, 0.3) is 10.1 Å². The van der Waals surface area contributed by atoms with Crippen LogP contribution in [0.2, 0.25) is 5.28 Å². The number of rotatable bonds is 3. The van der Waals surface area contributed by atoms with Crippen molar-refractivity contribution >= 4 is 27.5 Å². The number of ether oxygens (including phenoxy) is 2. The summed E-state index contributed by atoms with van der Waals surface area (Å²) in [6.45, 7) is 3.30. The summed E-state index contributed by atoms with van der Waals surface area (Å²) in [6.07, 6.45) is 0.975. The van der Waals surface area contributed by atoms with Crippen LogP contribution in [0.15, 0.2) is 0 Å². The van der Waals surface area contributed by atoms with Crippen molar-refractivity contribution < 1.29 is 22.1 Å². The molecule has 122 valence electrons. The van der Waals surface area contributed by atoms with Gasteiger partial charge in [0.15, 0.2) is 11.6 Å². The zero-order valence-electron chi connectivity index (χ0n) is 12.2. The first-order valence-corrected chi connectivity index (χ1v) is 8.94. The average Bonchev–Trinajstić information content (AvgIpc) is 2.43. The van der Waals surface area contributed by atoms with Gasteiger partial charge in [-0.1, -0.05) is 0 Å². The minimum Gasteiger partial charge on any atom is -0.486 e. The first-order chi connectivity index (χ1) is 10.3. The van der Waals surface area contributed by atoms with E-state index in [0.29, 0.717) is 37.1 Å². The maximum absolute atomic E-state index is 11.2. The SMILES string of the molecule is C[C@@H]1COC[C@H]2COc3c(COS(C)(=O)=O)nc(Cl)nc3N21. The Hall–Kier alpha value is -1.16. The average molecular weight is 350 g/mol. The molecule has 0 radical (unpaired) electrons. The van der Waals surface area contributed by atoms with E-state index in [1.54, 1.807) is 0 Å². The fourth-order valence-corrected chi connectivity index (χ4v) is 3.13. The summed E-state index contributed by atoms with van der Waals surface area (Å²) in [4.78, 5) is 10.4. The van der Waals surface area contributed by atoms with Crippen LogP contribution in [-0.2, 0) is 25.6 Å². The molecule has 2 aliphatic rings. The predicted octanol–water partition coefficient (Wildman–Crippen LogP) is 0.592. The molecule has 0 N–H and O–H groups in total. The van der Waals surface area contributed by atoms with Gasteiger partial charge < -0.3 is 14.4 Å². The number of hydrogen-bond donors (Lipinski definition) is 0. The molecule has 3 heterocycles. The highest BCUT2D eigenvalue weighted by Crippen LogP contribution is 2.38. The number of hydrogen-bond acceptors (Lipinski definition) is 8. The Morgan fingerprint density at radius 2 is 2.14 bits per heavy atom. The standard InChI is InChI=1S/C12H16ClN3O5S/c1-7-3-19-4-8-5-20-10-9(6-21-22(2,17)18)14-12(13)15-11(10)16(7)8/h7-8H,3-6H2,1-2H3/t7-,8+/m1/s1. The van der Waals surface area contributed by atoms with Gasteiger partial charge >= 0.3 is 0 Å². The van der Waals surface area contributed by atoms with Crippen LogP contribution in [0.1, 0.15) is 12.6 Å². The van der Waals surface area contributed by atoms with Gasteiger partial charge in [-0.25, -0.2) is 4.98 Å². The maximum Gasteiger partial charge on any atom is 0.264 e. The molecule has 8 nitrogen and oxygen atoms in total. The maximum atomic E-state index is 11.2. The topological polar surface area (TPSA) is 90.8 Å². The lowest BCUT2D eigenvalue weighted by molar-refractivity contribution is 0.0481. The Bertz CT molecular complexity index is 684. The van der Waals surface area contributed by atoms with Gasteiger partial charge in [0.2, 0.25) is 5.28 Å². The van der Waals surface area contributed by atoms with Crippen LogP contribution < -0.4 is 9.64 Å². The summed E-state index contributed by atoms with van der Waals surface area (Å²) in [5, 5.41) is 0.0220. The third kappa shape index (κ3) is 3.12. The third-order valence-corrected chi connectivity index (χ3v) is 4.22. The van der Waals surface area contributed by atoms with Gasteiger partial charge in [-0.05, 0) is 18.5 Å². The smallest absolute Gasteiger partial charge is 0.264 e. The van der Waals surface area contributed by atoms with Crippen molar-refractivity contribution in [3.05, 3.63) is 11.0 Å². The van der Waals surface area contributed by atoms with Crippen molar-refractivity contribution in [3.8, 4) is 5.75 Å². The molecule has 0 aromatic carbocycles. The van der Waals surface area contributed by atoms with Crippen molar-refractivity contribution in [2.75, 3.05) is 31.0 Å². The predicted molar refractivity (Wildman–Crippen MR) is 78.7 cm³/mol. The van der Waals surface area contributed by atoms with Gasteiger partial charge in [-0.3, -0.25) is 4.18 Å². The van der Waals surface area contributed by atoms with Crippen LogP contribution in [0.25, 0.3) is 0 Å². The largest absolute Gasteiger partial charge is 0.486 e. The fraction of sp³-hybridized carbons (Fsp3) is 0.667. The molecule has 1 aromatic heterocycles. The molecule has 10 heteroatoms. The molecule has 0 amide bonds. The second-order valence-corrected chi connectivity index (χ2v) is 7.30. The molecule has 0 spiro atoms. The monoisotopic (exact) mass is 349 g/mol. The van der Waals surface area contributed by atoms with Gasteiger partial charge in [-0.15, -0.1) is 0 Å². The number of nitrogens with zero attached hydrogens (tertiary/aromatic N) is 3. The molecule has 2 atom stereocenters. The molecule has 0 unspecified atom stereocenters. The molecule has 0 saturated carbocycles. The van der Waals surface area contributed by atoms with Crippen LogP contribution in [0.4, 0.5) is 5.82 Å². The van der Waals surface area contributed by atoms with Gasteiger partial charge in [0, 0.05) is 0 Å². The minimum absolute atomic E-state index is 0.0220. The Labute approximate surface area is 133 Å². The first-order valence-electron chi connectivity index (χ1n) is 6.75. The fourth-order valence-electron chi connectivity index (χ4n) is 2.62. The Morgan fingerprint density at radius 3 is 2.86 bits per heavy atom. The lowest BCUT2D eigenvalue weighted by Gasteiger charge is -2.44. The van der Waals surface area contributed by atoms with Crippen molar-refractivity contribution in [2.45, 2.75) is 25.6 Å². The van der Waals surface area contributed by atoms with Crippen LogP contribution >= 0.6 is 11.6 Å². The second kappa shape index (κ2) is 5.80. The van der Waals surface area contributed by atoms with Crippen LogP contribution in [-0.4, -0.2) is 56.5 Å². The molecular weight excluding hydrogens is 334 g/mol. The Morgan fingerprint density at radius 1 is 1.36 bits per heavy atom. The van der Waals surface area contributed by atoms with Gasteiger partial charge in [-0.2, -0.15) is 13.4 Å². The number of halogens is 1. The van der Waals surface area contributed by atoms with E-state index in [1.165, 1.54) is 0 Å². The van der Waals surface area contributed by atoms with E-state index in [2.05, 4.69) is 14.9 Å². The molecule has 0 bridgehead atoms. The van der Waals surface area contributed by atoms with E-state index < -0.39 is 10.1 Å². The van der Waals surface area contributed by atoms with E-state index in [1.807, 2.05) is 6.92 Å². The Kier molecular flexibility index (Phi) is 4.15. The molecule has 0 aliphatic carbocycles. The van der Waals surface area contributed by atoms with Crippen LogP contribution in [0.3, 0.4) is 0 Å². The highest BCUT2D eigenvalue weighted by atomic mass is 35.5. The van der Waals surface area contributed by atoms with E-state index in [4.69, 9.17) is 25.3 Å². The molecule has 1 saturated heterocycles. The molecule has 1 aromatic rings. The Balaban J connectivity index is 1.98. The quantitative estimate of drug-likeness (QED) is 0.578. The van der Waals surface area contributed by atoms with Crippen molar-refractivity contribution in [3.63, 3.8) is 0 Å². The molecular formula is C12H16ClN3O5S. The molecule has 3 rings (SSSR count). The second-order valence-electron chi connectivity index (χ2n) is 5.32. The zero-order valence-corrected chi connectivity index (χ0v) is 13.7. The van der Waals surface area contributed by atoms with Crippen molar-refractivity contribution in [1.29, 1.82) is 0 Å². The van der Waals surface area contributed by atoms with E-state index in [9.17, 15) is 8.42 Å². The minimum atomic E-state index is -3.59. The first kappa shape index (κ1) is 15.7. The number of fused-ring (bicyclic) bond motifs is 3. The van der Waals surface area contributed by atoms with E-state index >= 15 is 0 Å². The number of anilines is 1. The normalized spacial score (nSPS) is 24.4. The van der Waals surface area contributed by atoms with E-state index in [-0.39, 0.29) is 24.0 Å². The summed E-state index contributed by atoms with van der Waals surface area (Å²) in [6, 6.07) is 0.155. The highest BCUT2D eigenvalue weighted by Gasteiger charge is 2.37. The number of aromatic nitrogens is 2. The summed E-state index contributed by atoms with van der Waals surface area (Å²) < 4.78 is 38.4. The van der Waals surface area contributed by atoms with E-state index in [0.717, 1.165) is 6.26 Å². The van der Waals surface area contributed by atoms with Crippen molar-refractivity contribution in [2.24, 2.45) is 0 Å². The lowest BCUT2D eigenvalue weighted by Crippen LogP contribution is -2.56. The van der Waals surface area contributed by atoms with Crippen LogP contribution in [0, 0.1) is 0 Å². The summed E-state index contributed by atoms with van der Waals surface area (Å²) in [5.74, 6) is 0.970. The zero-order chi connectivity index (χ0) is 15.9. The summed E-state index contributed by atoms with van der Waals surface area (Å²) in [5.41, 5.74) is 0.317. The van der Waals surface area contributed by atoms with Crippen LogP contribution in [0.5, 0.6) is 5.75 Å². The summed E-state index contributed by atoms with van der Waals surface area (Å²) >= 11 is 5.97. The van der Waals surface area contributed by atoms with Gasteiger partial charge in [0.05, 0.1) is 31.6 Å².